The standard InChI is InChI=1S/C18H20N4O4/c1-19-18(24)14-9-7-13(8-10-14)11-21(2)12-17(23)20-15-5-3-4-6-16(15)22(25)26/h3-10H,11-12H2,1-2H3,(H,19,24)(H,20,23)/p+1. The van der Waals surface area contributed by atoms with Gasteiger partial charge in [-0.2, -0.15) is 0 Å². The molecule has 8 heteroatoms. The molecule has 0 aliphatic rings. The van der Waals surface area contributed by atoms with Crippen LogP contribution in [0, 0.1) is 10.1 Å². The van der Waals surface area contributed by atoms with E-state index in [0.29, 0.717) is 12.1 Å². The number of hydrogen-bond acceptors (Lipinski definition) is 4. The van der Waals surface area contributed by atoms with Gasteiger partial charge in [-0.15, -0.1) is 0 Å². The first-order chi connectivity index (χ1) is 12.4. The molecule has 3 N–H and O–H groups in total. The fraction of sp³-hybridized carbons (Fsp3) is 0.222. The van der Waals surface area contributed by atoms with Crippen LogP contribution in [0.5, 0.6) is 0 Å². The van der Waals surface area contributed by atoms with Crippen LogP contribution in [-0.4, -0.2) is 37.4 Å². The quantitative estimate of drug-likeness (QED) is 0.499. The summed E-state index contributed by atoms with van der Waals surface area (Å²) in [5.74, 6) is -0.458. The summed E-state index contributed by atoms with van der Waals surface area (Å²) in [6.07, 6.45) is 0. The molecular weight excluding hydrogens is 336 g/mol. The van der Waals surface area contributed by atoms with Crippen molar-refractivity contribution in [2.24, 2.45) is 0 Å². The van der Waals surface area contributed by atoms with Crippen LogP contribution in [0.2, 0.25) is 0 Å². The maximum atomic E-state index is 12.2. The molecule has 8 nitrogen and oxygen atoms in total. The number of benzene rings is 2. The highest BCUT2D eigenvalue weighted by molar-refractivity contribution is 5.94. The van der Waals surface area contributed by atoms with Gasteiger partial charge in [0.1, 0.15) is 12.2 Å². The van der Waals surface area contributed by atoms with Crippen molar-refractivity contribution in [1.29, 1.82) is 0 Å². The molecule has 1 atom stereocenters. The molecule has 0 aromatic heterocycles. The average Bonchev–Trinajstić information content (AvgIpc) is 2.61. The zero-order chi connectivity index (χ0) is 19.1. The second-order valence-electron chi connectivity index (χ2n) is 5.91. The van der Waals surface area contributed by atoms with Crippen LogP contribution >= 0.6 is 0 Å². The Morgan fingerprint density at radius 1 is 1.12 bits per heavy atom. The van der Waals surface area contributed by atoms with Crippen molar-refractivity contribution in [1.82, 2.24) is 5.32 Å². The van der Waals surface area contributed by atoms with E-state index in [9.17, 15) is 19.7 Å². The van der Waals surface area contributed by atoms with Crippen molar-refractivity contribution < 1.29 is 19.4 Å². The van der Waals surface area contributed by atoms with E-state index in [1.165, 1.54) is 12.1 Å². The normalized spacial score (nSPS) is 11.5. The molecule has 0 aliphatic heterocycles. The number of likely N-dealkylation sites (N-methyl/N-ethyl adjacent to an activating group) is 1. The summed E-state index contributed by atoms with van der Waals surface area (Å²) in [6, 6.07) is 13.2. The summed E-state index contributed by atoms with van der Waals surface area (Å²) in [4.78, 5) is 35.1. The van der Waals surface area contributed by atoms with Crippen molar-refractivity contribution in [3.63, 3.8) is 0 Å². The lowest BCUT2D eigenvalue weighted by atomic mass is 10.1. The van der Waals surface area contributed by atoms with Gasteiger partial charge in [0.05, 0.1) is 12.0 Å². The second-order valence-corrected chi connectivity index (χ2v) is 5.91. The van der Waals surface area contributed by atoms with Crippen LogP contribution in [0.15, 0.2) is 48.5 Å². The van der Waals surface area contributed by atoms with E-state index in [2.05, 4.69) is 10.6 Å². The van der Waals surface area contributed by atoms with E-state index in [0.717, 1.165) is 10.5 Å². The van der Waals surface area contributed by atoms with Crippen LogP contribution in [-0.2, 0) is 11.3 Å². The predicted molar refractivity (Wildman–Crippen MR) is 97.0 cm³/mol. The zero-order valence-electron chi connectivity index (χ0n) is 14.6. The molecule has 26 heavy (non-hydrogen) atoms. The number of carbonyl (C=O) groups excluding carboxylic acids is 2. The highest BCUT2D eigenvalue weighted by atomic mass is 16.6. The van der Waals surface area contributed by atoms with Crippen molar-refractivity contribution in [2.45, 2.75) is 6.54 Å². The summed E-state index contributed by atoms with van der Waals surface area (Å²) in [7, 11) is 3.43. The van der Waals surface area contributed by atoms with Crippen molar-refractivity contribution in [2.75, 3.05) is 26.0 Å². The van der Waals surface area contributed by atoms with Crippen LogP contribution in [0.1, 0.15) is 15.9 Å². The van der Waals surface area contributed by atoms with Gasteiger partial charge < -0.3 is 15.5 Å². The van der Waals surface area contributed by atoms with Gasteiger partial charge in [0.15, 0.2) is 6.54 Å². The average molecular weight is 357 g/mol. The highest BCUT2D eigenvalue weighted by Gasteiger charge is 2.17. The molecule has 2 aromatic rings. The Hall–Kier alpha value is -3.26. The summed E-state index contributed by atoms with van der Waals surface area (Å²) in [5.41, 5.74) is 1.60. The Kier molecular flexibility index (Phi) is 6.40. The second kappa shape index (κ2) is 8.72. The number of amides is 2. The third kappa shape index (κ3) is 5.12. The van der Waals surface area contributed by atoms with Crippen LogP contribution < -0.4 is 15.5 Å². The van der Waals surface area contributed by atoms with E-state index >= 15 is 0 Å². The van der Waals surface area contributed by atoms with Gasteiger partial charge >= 0.3 is 0 Å². The number of nitro benzene ring substituents is 1. The SMILES string of the molecule is CNC(=O)c1ccc(C[NH+](C)CC(=O)Nc2ccccc2[N+](=O)[O-])cc1. The molecule has 2 amide bonds. The van der Waals surface area contributed by atoms with Crippen LogP contribution in [0.25, 0.3) is 0 Å². The third-order valence-electron chi connectivity index (χ3n) is 3.79. The maximum Gasteiger partial charge on any atom is 0.292 e. The number of para-hydroxylation sites is 2. The number of carbonyl (C=O) groups is 2. The van der Waals surface area contributed by atoms with Crippen LogP contribution in [0.3, 0.4) is 0 Å². The van der Waals surface area contributed by atoms with Gasteiger partial charge in [-0.25, -0.2) is 0 Å². The summed E-state index contributed by atoms with van der Waals surface area (Å²) < 4.78 is 0. The largest absolute Gasteiger partial charge is 0.355 e. The first-order valence-electron chi connectivity index (χ1n) is 8.06. The van der Waals surface area contributed by atoms with E-state index < -0.39 is 4.92 Å². The summed E-state index contributed by atoms with van der Waals surface area (Å²) in [6.45, 7) is 0.738. The molecule has 0 radical (unpaired) electrons. The Labute approximate surface area is 151 Å². The first kappa shape index (κ1) is 19.1. The van der Waals surface area contributed by atoms with E-state index in [-0.39, 0.29) is 29.7 Å². The molecule has 0 saturated heterocycles. The van der Waals surface area contributed by atoms with Gasteiger partial charge in [-0.05, 0) is 18.2 Å². The molecule has 2 rings (SSSR count). The zero-order valence-corrected chi connectivity index (χ0v) is 14.6. The fourth-order valence-electron chi connectivity index (χ4n) is 2.54. The topological polar surface area (TPSA) is 106 Å². The molecule has 0 bridgehead atoms. The molecule has 0 fully saturated rings. The lowest BCUT2D eigenvalue weighted by molar-refractivity contribution is -0.885. The summed E-state index contributed by atoms with van der Waals surface area (Å²) in [5, 5.41) is 16.1. The van der Waals surface area contributed by atoms with Gasteiger partial charge in [0.2, 0.25) is 0 Å². The molecule has 136 valence electrons. The minimum absolute atomic E-state index is 0.136. The number of nitrogens with zero attached hydrogens (tertiary/aromatic N) is 1. The molecule has 1 unspecified atom stereocenters. The Morgan fingerprint density at radius 2 is 1.77 bits per heavy atom. The van der Waals surface area contributed by atoms with Crippen molar-refractivity contribution in [3.8, 4) is 0 Å². The number of quaternary nitrogens is 1. The monoisotopic (exact) mass is 357 g/mol. The molecular formula is C18H21N4O4+. The predicted octanol–water partition coefficient (Wildman–Crippen LogP) is 0.608. The number of nitrogens with one attached hydrogen (secondary N) is 3. The van der Waals surface area contributed by atoms with Gasteiger partial charge in [-0.1, -0.05) is 24.3 Å². The Bertz CT molecular complexity index is 805. The molecule has 0 spiro atoms. The first-order valence-corrected chi connectivity index (χ1v) is 8.06. The van der Waals surface area contributed by atoms with E-state index in [4.69, 9.17) is 0 Å². The lowest BCUT2D eigenvalue weighted by Gasteiger charge is -2.14. The van der Waals surface area contributed by atoms with Gasteiger partial charge in [0, 0.05) is 24.2 Å². The third-order valence-corrected chi connectivity index (χ3v) is 3.79. The number of hydrogen-bond donors (Lipinski definition) is 3. The lowest BCUT2D eigenvalue weighted by Crippen LogP contribution is -3.08. The molecule has 0 heterocycles. The Balaban J connectivity index is 1.93. The van der Waals surface area contributed by atoms with E-state index in [1.807, 2.05) is 19.2 Å². The number of nitro groups is 1. The fourth-order valence-corrected chi connectivity index (χ4v) is 2.54. The van der Waals surface area contributed by atoms with Gasteiger partial charge in [0.25, 0.3) is 17.5 Å². The van der Waals surface area contributed by atoms with Crippen LogP contribution in [0.4, 0.5) is 11.4 Å². The summed E-state index contributed by atoms with van der Waals surface area (Å²) >= 11 is 0. The molecule has 0 aliphatic carbocycles. The smallest absolute Gasteiger partial charge is 0.292 e. The Morgan fingerprint density at radius 3 is 2.38 bits per heavy atom. The molecule has 0 saturated carbocycles. The molecule has 2 aromatic carbocycles. The highest BCUT2D eigenvalue weighted by Crippen LogP contribution is 2.22. The minimum Gasteiger partial charge on any atom is -0.355 e. The number of rotatable bonds is 7. The van der Waals surface area contributed by atoms with E-state index in [1.54, 1.807) is 31.3 Å². The maximum absolute atomic E-state index is 12.2. The van der Waals surface area contributed by atoms with Gasteiger partial charge in [-0.3, -0.25) is 19.7 Å². The van der Waals surface area contributed by atoms with Crippen molar-refractivity contribution >= 4 is 23.2 Å². The van der Waals surface area contributed by atoms with Crippen molar-refractivity contribution in [3.05, 3.63) is 69.8 Å². The minimum atomic E-state index is -0.528. The number of anilines is 1.